The smallest absolute Gasteiger partial charge is 0.00735 e. The number of hydrogen-bond acceptors (Lipinski definition) is 0. The molecule has 128 valence electrons. The van der Waals surface area contributed by atoms with Crippen LogP contribution < -0.4 is 0 Å². The summed E-state index contributed by atoms with van der Waals surface area (Å²) in [4.78, 5) is 0. The van der Waals surface area contributed by atoms with Crippen molar-refractivity contribution in [2.24, 2.45) is 0 Å². The summed E-state index contributed by atoms with van der Waals surface area (Å²) in [6.07, 6.45) is 1.00. The largest absolute Gasteiger partial charge is 0.0683 e. The SMILES string of the molecule is CC.CC/C(=C(/c1ccccc1)c1ccc(C)cc1)c1ccccc1. The van der Waals surface area contributed by atoms with E-state index in [0.717, 1.165) is 6.42 Å². The fourth-order valence-electron chi connectivity index (χ4n) is 3.00. The predicted molar refractivity (Wildman–Crippen MR) is 112 cm³/mol. The van der Waals surface area contributed by atoms with Gasteiger partial charge in [-0.1, -0.05) is 111 Å². The first-order valence-electron chi connectivity index (χ1n) is 9.20. The van der Waals surface area contributed by atoms with Gasteiger partial charge in [0.05, 0.1) is 0 Å². The van der Waals surface area contributed by atoms with E-state index in [4.69, 9.17) is 0 Å². The van der Waals surface area contributed by atoms with Gasteiger partial charge in [-0.25, -0.2) is 0 Å². The molecule has 0 amide bonds. The maximum Gasteiger partial charge on any atom is -0.00735 e. The van der Waals surface area contributed by atoms with Crippen LogP contribution in [0.1, 0.15) is 49.4 Å². The van der Waals surface area contributed by atoms with Crippen LogP contribution in [0.15, 0.2) is 84.9 Å². The molecule has 3 aromatic carbocycles. The molecule has 0 saturated heterocycles. The molecule has 0 aromatic heterocycles. The predicted octanol–water partition coefficient (Wildman–Crippen LogP) is 7.39. The average molecular weight is 328 g/mol. The molecule has 0 saturated carbocycles. The number of rotatable bonds is 4. The van der Waals surface area contributed by atoms with Gasteiger partial charge in [0.25, 0.3) is 0 Å². The summed E-state index contributed by atoms with van der Waals surface area (Å²) in [5, 5.41) is 0. The van der Waals surface area contributed by atoms with Crippen LogP contribution >= 0.6 is 0 Å². The lowest BCUT2D eigenvalue weighted by Crippen LogP contribution is -1.95. The number of aryl methyl sites for hydroxylation is 1. The molecule has 3 rings (SSSR count). The zero-order valence-electron chi connectivity index (χ0n) is 15.8. The maximum atomic E-state index is 2.24. The van der Waals surface area contributed by atoms with Crippen molar-refractivity contribution in [1.29, 1.82) is 0 Å². The van der Waals surface area contributed by atoms with E-state index in [0.29, 0.717) is 0 Å². The van der Waals surface area contributed by atoms with Crippen LogP contribution in [0.25, 0.3) is 11.1 Å². The highest BCUT2D eigenvalue weighted by atomic mass is 14.2. The Labute approximate surface area is 152 Å². The standard InChI is InChI=1S/C23H22.C2H6/c1-3-22(19-10-6-4-7-11-19)23(20-12-8-5-9-13-20)21-16-14-18(2)15-17-21;1-2/h4-17H,3H2,1-2H3;1-2H3/b23-22+;. The third-order valence-corrected chi connectivity index (χ3v) is 4.18. The highest BCUT2D eigenvalue weighted by Gasteiger charge is 2.12. The maximum absolute atomic E-state index is 2.24. The third kappa shape index (κ3) is 4.70. The van der Waals surface area contributed by atoms with Crippen LogP contribution in [0.4, 0.5) is 0 Å². The lowest BCUT2D eigenvalue weighted by molar-refractivity contribution is 1.24. The second kappa shape index (κ2) is 9.64. The van der Waals surface area contributed by atoms with Crippen molar-refractivity contribution in [3.8, 4) is 0 Å². The highest BCUT2D eigenvalue weighted by molar-refractivity contribution is 5.98. The van der Waals surface area contributed by atoms with Gasteiger partial charge in [-0.15, -0.1) is 0 Å². The molecule has 0 nitrogen and oxygen atoms in total. The number of allylic oxidation sites excluding steroid dienone is 1. The van der Waals surface area contributed by atoms with Crippen molar-refractivity contribution in [1.82, 2.24) is 0 Å². The van der Waals surface area contributed by atoms with Gasteiger partial charge in [0.2, 0.25) is 0 Å². The average Bonchev–Trinajstić information content (AvgIpc) is 2.70. The second-order valence-electron chi connectivity index (χ2n) is 5.81. The van der Waals surface area contributed by atoms with Crippen LogP contribution in [0.3, 0.4) is 0 Å². The molecule has 3 aromatic rings. The summed E-state index contributed by atoms with van der Waals surface area (Å²) in [5.41, 5.74) is 7.87. The Balaban J connectivity index is 0.00000109. The van der Waals surface area contributed by atoms with Gasteiger partial charge < -0.3 is 0 Å². The highest BCUT2D eigenvalue weighted by Crippen LogP contribution is 2.34. The summed E-state index contributed by atoms with van der Waals surface area (Å²) < 4.78 is 0. The molecule has 0 heteroatoms. The van der Waals surface area contributed by atoms with E-state index < -0.39 is 0 Å². The van der Waals surface area contributed by atoms with Gasteiger partial charge in [0.15, 0.2) is 0 Å². The van der Waals surface area contributed by atoms with Crippen LogP contribution in [-0.2, 0) is 0 Å². The fourth-order valence-corrected chi connectivity index (χ4v) is 3.00. The van der Waals surface area contributed by atoms with E-state index in [2.05, 4.69) is 98.8 Å². The van der Waals surface area contributed by atoms with E-state index in [1.54, 1.807) is 0 Å². The molecular weight excluding hydrogens is 300 g/mol. The molecule has 0 heterocycles. The molecule has 0 bridgehead atoms. The van der Waals surface area contributed by atoms with Gasteiger partial charge in [0.1, 0.15) is 0 Å². The minimum absolute atomic E-state index is 1.00. The van der Waals surface area contributed by atoms with Gasteiger partial charge in [-0.3, -0.25) is 0 Å². The van der Waals surface area contributed by atoms with Crippen LogP contribution in [-0.4, -0.2) is 0 Å². The third-order valence-electron chi connectivity index (χ3n) is 4.18. The van der Waals surface area contributed by atoms with E-state index in [1.807, 2.05) is 13.8 Å². The Morgan fingerprint density at radius 1 is 0.600 bits per heavy atom. The second-order valence-corrected chi connectivity index (χ2v) is 5.81. The lowest BCUT2D eigenvalue weighted by atomic mass is 9.88. The van der Waals surface area contributed by atoms with E-state index in [-0.39, 0.29) is 0 Å². The topological polar surface area (TPSA) is 0 Å². The van der Waals surface area contributed by atoms with E-state index >= 15 is 0 Å². The summed E-state index contributed by atoms with van der Waals surface area (Å²) in [6, 6.07) is 30.3. The van der Waals surface area contributed by atoms with Gasteiger partial charge in [-0.05, 0) is 41.2 Å². The molecular formula is C25H28. The Hall–Kier alpha value is -2.60. The zero-order valence-corrected chi connectivity index (χ0v) is 15.8. The molecule has 25 heavy (non-hydrogen) atoms. The summed E-state index contributed by atoms with van der Waals surface area (Å²) in [6.45, 7) is 8.37. The summed E-state index contributed by atoms with van der Waals surface area (Å²) in [7, 11) is 0. The van der Waals surface area contributed by atoms with Crippen molar-refractivity contribution in [2.75, 3.05) is 0 Å². The van der Waals surface area contributed by atoms with E-state index in [9.17, 15) is 0 Å². The molecule has 0 spiro atoms. The molecule has 0 aliphatic rings. The normalized spacial score (nSPS) is 11.2. The van der Waals surface area contributed by atoms with Crippen LogP contribution in [0.2, 0.25) is 0 Å². The minimum Gasteiger partial charge on any atom is -0.0683 e. The molecule has 0 atom stereocenters. The number of hydrogen-bond donors (Lipinski definition) is 0. The Bertz CT molecular complexity index is 778. The monoisotopic (exact) mass is 328 g/mol. The van der Waals surface area contributed by atoms with Crippen molar-refractivity contribution >= 4 is 11.1 Å². The molecule has 0 aliphatic heterocycles. The molecule has 0 unspecified atom stereocenters. The number of benzene rings is 3. The Kier molecular flexibility index (Phi) is 7.22. The molecule has 0 fully saturated rings. The molecule has 0 N–H and O–H groups in total. The van der Waals surface area contributed by atoms with Gasteiger partial charge in [0, 0.05) is 0 Å². The fraction of sp³-hybridized carbons (Fsp3) is 0.200. The summed E-state index contributed by atoms with van der Waals surface area (Å²) in [5.74, 6) is 0. The first-order chi connectivity index (χ1) is 12.3. The van der Waals surface area contributed by atoms with Crippen LogP contribution in [0.5, 0.6) is 0 Å². The van der Waals surface area contributed by atoms with Crippen molar-refractivity contribution in [2.45, 2.75) is 34.1 Å². The van der Waals surface area contributed by atoms with Crippen molar-refractivity contribution in [3.05, 3.63) is 107 Å². The van der Waals surface area contributed by atoms with Crippen molar-refractivity contribution < 1.29 is 0 Å². The Morgan fingerprint density at radius 2 is 1.04 bits per heavy atom. The molecule has 0 radical (unpaired) electrons. The first kappa shape index (κ1) is 18.7. The van der Waals surface area contributed by atoms with Crippen LogP contribution in [0, 0.1) is 6.92 Å². The Morgan fingerprint density at radius 3 is 1.52 bits per heavy atom. The zero-order chi connectivity index (χ0) is 18.1. The molecule has 0 aliphatic carbocycles. The van der Waals surface area contributed by atoms with E-state index in [1.165, 1.54) is 33.4 Å². The minimum atomic E-state index is 1.00. The van der Waals surface area contributed by atoms with Gasteiger partial charge in [-0.2, -0.15) is 0 Å². The lowest BCUT2D eigenvalue weighted by Gasteiger charge is -2.16. The summed E-state index contributed by atoms with van der Waals surface area (Å²) >= 11 is 0. The first-order valence-corrected chi connectivity index (χ1v) is 9.20. The van der Waals surface area contributed by atoms with Crippen molar-refractivity contribution in [3.63, 3.8) is 0 Å². The van der Waals surface area contributed by atoms with Gasteiger partial charge >= 0.3 is 0 Å². The quantitative estimate of drug-likeness (QED) is 0.438.